The van der Waals surface area contributed by atoms with Crippen molar-refractivity contribution in [1.82, 2.24) is 0 Å². The highest BCUT2D eigenvalue weighted by atomic mass is 16.5. The molecule has 0 amide bonds. The summed E-state index contributed by atoms with van der Waals surface area (Å²) < 4.78 is 26.8. The van der Waals surface area contributed by atoms with Crippen LogP contribution in [0.15, 0.2) is 24.3 Å². The third-order valence-corrected chi connectivity index (χ3v) is 5.63. The number of carbonyl (C=O) groups is 1. The Morgan fingerprint density at radius 2 is 1.71 bits per heavy atom. The first-order valence-electron chi connectivity index (χ1n) is 11.2. The van der Waals surface area contributed by atoms with Gasteiger partial charge in [0.2, 0.25) is 0 Å². The van der Waals surface area contributed by atoms with Gasteiger partial charge in [-0.2, -0.15) is 5.26 Å². The maximum absolute atomic E-state index is 12.5. The molecule has 0 saturated heterocycles. The van der Waals surface area contributed by atoms with Crippen molar-refractivity contribution < 1.29 is 28.5 Å². The molecule has 184 valence electrons. The van der Waals surface area contributed by atoms with E-state index in [-0.39, 0.29) is 11.5 Å². The first-order chi connectivity index (χ1) is 16.5. The average Bonchev–Trinajstić information content (AvgIpc) is 2.87. The van der Waals surface area contributed by atoms with Crippen molar-refractivity contribution in [2.24, 2.45) is 0 Å². The predicted molar refractivity (Wildman–Crippen MR) is 130 cm³/mol. The summed E-state index contributed by atoms with van der Waals surface area (Å²) in [4.78, 5) is 12.5. The second-order valence-electron chi connectivity index (χ2n) is 7.65. The van der Waals surface area contributed by atoms with E-state index in [1.165, 1.54) is 21.3 Å². The number of esters is 1. The quantitative estimate of drug-likeness (QED) is 0.332. The van der Waals surface area contributed by atoms with Gasteiger partial charge in [0.1, 0.15) is 11.6 Å². The zero-order valence-electron chi connectivity index (χ0n) is 20.8. The number of hydrogen-bond acceptors (Lipinski definition) is 8. The molecule has 34 heavy (non-hydrogen) atoms. The summed E-state index contributed by atoms with van der Waals surface area (Å²) in [6, 6.07) is 9.85. The minimum atomic E-state index is -0.572. The molecule has 0 aliphatic carbocycles. The smallest absolute Gasteiger partial charge is 0.313 e. The number of methoxy groups -OCH3 is 5. The van der Waals surface area contributed by atoms with Crippen molar-refractivity contribution in [3.8, 4) is 29.1 Å². The van der Waals surface area contributed by atoms with Crippen molar-refractivity contribution in [1.29, 1.82) is 5.26 Å². The maximum atomic E-state index is 12.5. The maximum Gasteiger partial charge on any atom is 0.313 e. The van der Waals surface area contributed by atoms with Gasteiger partial charge in [-0.25, -0.2) is 0 Å². The number of nitriles is 1. The van der Waals surface area contributed by atoms with Gasteiger partial charge in [0.05, 0.1) is 47.2 Å². The lowest BCUT2D eigenvalue weighted by molar-refractivity contribution is -0.142. The molecule has 0 radical (unpaired) electrons. The third kappa shape index (κ3) is 6.04. The van der Waals surface area contributed by atoms with Crippen molar-refractivity contribution in [3.63, 3.8) is 0 Å². The van der Waals surface area contributed by atoms with Gasteiger partial charge in [-0.05, 0) is 48.6 Å². The second-order valence-corrected chi connectivity index (χ2v) is 7.65. The lowest BCUT2D eigenvalue weighted by Crippen LogP contribution is -2.17. The molecule has 2 aromatic carbocycles. The van der Waals surface area contributed by atoms with E-state index in [1.54, 1.807) is 20.3 Å². The Hall–Kier alpha value is -3.60. The van der Waals surface area contributed by atoms with Gasteiger partial charge in [-0.1, -0.05) is 19.4 Å². The van der Waals surface area contributed by atoms with Crippen LogP contribution in [0.25, 0.3) is 0 Å². The van der Waals surface area contributed by atoms with Gasteiger partial charge in [0, 0.05) is 6.54 Å². The predicted octanol–water partition coefficient (Wildman–Crippen LogP) is 4.69. The summed E-state index contributed by atoms with van der Waals surface area (Å²) in [6.45, 7) is 2.62. The Bertz CT molecular complexity index is 1020. The Kier molecular flexibility index (Phi) is 10.3. The summed E-state index contributed by atoms with van der Waals surface area (Å²) >= 11 is 0. The molecule has 0 saturated carbocycles. The normalized spacial score (nSPS) is 11.2. The number of aryl methyl sites for hydroxylation is 1. The molecular weight excluding hydrogens is 436 g/mol. The molecule has 2 rings (SSSR count). The zero-order chi connectivity index (χ0) is 25.1. The van der Waals surface area contributed by atoms with Crippen LogP contribution in [0.3, 0.4) is 0 Å². The lowest BCUT2D eigenvalue weighted by Gasteiger charge is -2.22. The Morgan fingerprint density at radius 3 is 2.26 bits per heavy atom. The van der Waals surface area contributed by atoms with Gasteiger partial charge in [-0.15, -0.1) is 0 Å². The van der Waals surface area contributed by atoms with Crippen LogP contribution in [0.1, 0.15) is 48.8 Å². The Labute approximate surface area is 201 Å². The van der Waals surface area contributed by atoms with Gasteiger partial charge < -0.3 is 29.0 Å². The Morgan fingerprint density at radius 1 is 1.00 bits per heavy atom. The highest BCUT2D eigenvalue weighted by Crippen LogP contribution is 2.43. The van der Waals surface area contributed by atoms with Crippen LogP contribution in [-0.4, -0.2) is 48.1 Å². The minimum absolute atomic E-state index is 0.277. The monoisotopic (exact) mass is 470 g/mol. The lowest BCUT2D eigenvalue weighted by atomic mass is 9.89. The molecule has 1 atom stereocenters. The topological polar surface area (TPSA) is 99.0 Å². The largest absolute Gasteiger partial charge is 0.493 e. The van der Waals surface area contributed by atoms with E-state index < -0.39 is 5.92 Å². The molecular formula is C26H34N2O6. The number of nitrogens with zero attached hydrogens (tertiary/aromatic N) is 1. The molecule has 0 aromatic heterocycles. The second kappa shape index (κ2) is 13.2. The van der Waals surface area contributed by atoms with E-state index in [1.807, 2.05) is 25.1 Å². The van der Waals surface area contributed by atoms with Crippen LogP contribution in [0.2, 0.25) is 0 Å². The molecule has 1 N–H and O–H groups in total. The number of anilines is 1. The van der Waals surface area contributed by atoms with Crippen molar-refractivity contribution in [2.75, 3.05) is 47.4 Å². The summed E-state index contributed by atoms with van der Waals surface area (Å²) in [5.41, 5.74) is 2.62. The van der Waals surface area contributed by atoms with E-state index in [0.717, 1.165) is 24.8 Å². The van der Waals surface area contributed by atoms with Crippen LogP contribution in [-0.2, 0) is 16.0 Å². The molecule has 0 spiro atoms. The summed E-state index contributed by atoms with van der Waals surface area (Å²) in [6.07, 6.45) is 2.95. The average molecular weight is 471 g/mol. The number of nitrogens with one attached hydrogen (secondary N) is 1. The summed E-state index contributed by atoms with van der Waals surface area (Å²) in [7, 11) is 7.59. The number of carbonyl (C=O) groups excluding carboxylic acids is 1. The van der Waals surface area contributed by atoms with Crippen LogP contribution in [0.5, 0.6) is 23.0 Å². The highest BCUT2D eigenvalue weighted by molar-refractivity contribution is 5.82. The van der Waals surface area contributed by atoms with Gasteiger partial charge in [0.25, 0.3) is 0 Å². The van der Waals surface area contributed by atoms with Crippen LogP contribution < -0.4 is 24.3 Å². The molecule has 0 aliphatic rings. The SMILES string of the molecule is CCCC(C(=O)OC)c1cc(NCCCc2ccc(OC)c(OC)c2)c(OC)c(OC)c1C#N. The molecule has 8 heteroatoms. The van der Waals surface area contributed by atoms with Crippen molar-refractivity contribution in [2.45, 2.75) is 38.5 Å². The van der Waals surface area contributed by atoms with Crippen molar-refractivity contribution >= 4 is 11.7 Å². The van der Waals surface area contributed by atoms with Crippen LogP contribution in [0, 0.1) is 11.3 Å². The molecule has 0 fully saturated rings. The minimum Gasteiger partial charge on any atom is -0.493 e. The number of benzene rings is 2. The van der Waals surface area contributed by atoms with Gasteiger partial charge in [0.15, 0.2) is 23.0 Å². The number of ether oxygens (including phenoxy) is 5. The van der Waals surface area contributed by atoms with Crippen LogP contribution >= 0.6 is 0 Å². The summed E-state index contributed by atoms with van der Waals surface area (Å²) in [5, 5.41) is 13.2. The zero-order valence-corrected chi connectivity index (χ0v) is 20.8. The molecule has 0 heterocycles. The number of rotatable bonds is 13. The fourth-order valence-electron chi connectivity index (χ4n) is 3.96. The van der Waals surface area contributed by atoms with Gasteiger partial charge >= 0.3 is 5.97 Å². The van der Waals surface area contributed by atoms with E-state index in [9.17, 15) is 10.1 Å². The van der Waals surface area contributed by atoms with E-state index in [2.05, 4.69) is 11.4 Å². The van der Waals surface area contributed by atoms with E-state index in [4.69, 9.17) is 23.7 Å². The van der Waals surface area contributed by atoms with Crippen molar-refractivity contribution in [3.05, 3.63) is 41.0 Å². The highest BCUT2D eigenvalue weighted by Gasteiger charge is 2.29. The Balaban J connectivity index is 2.30. The fourth-order valence-corrected chi connectivity index (χ4v) is 3.96. The fraction of sp³-hybridized carbons (Fsp3) is 0.462. The first kappa shape index (κ1) is 26.7. The van der Waals surface area contributed by atoms with Gasteiger partial charge in [-0.3, -0.25) is 4.79 Å². The molecule has 8 nitrogen and oxygen atoms in total. The molecule has 0 bridgehead atoms. The molecule has 2 aromatic rings. The van der Waals surface area contributed by atoms with Crippen LogP contribution in [0.4, 0.5) is 5.69 Å². The molecule has 1 unspecified atom stereocenters. The molecule has 0 aliphatic heterocycles. The third-order valence-electron chi connectivity index (χ3n) is 5.63. The van der Waals surface area contributed by atoms with E-state index in [0.29, 0.717) is 47.2 Å². The van der Waals surface area contributed by atoms with E-state index >= 15 is 0 Å². The summed E-state index contributed by atoms with van der Waals surface area (Å²) in [5.74, 6) is 1.16. The number of hydrogen-bond donors (Lipinski definition) is 1. The standard InChI is InChI=1S/C26H34N2O6/c1-7-9-18(26(29)34-6)19-15-21(25(33-5)24(32-4)20(19)16-27)28-13-8-10-17-11-12-22(30-2)23(14-17)31-3/h11-12,14-15,18,28H,7-10,13H2,1-6H3. The first-order valence-corrected chi connectivity index (χ1v) is 11.2.